The second-order valence-corrected chi connectivity index (χ2v) is 9.19. The fourth-order valence-corrected chi connectivity index (χ4v) is 4.08. The molecule has 0 saturated heterocycles. The Balaban J connectivity index is 1.90. The van der Waals surface area contributed by atoms with Crippen LogP contribution in [-0.4, -0.2) is 28.0 Å². The number of amides is 1. The van der Waals surface area contributed by atoms with Gasteiger partial charge in [0.2, 0.25) is 15.9 Å². The minimum absolute atomic E-state index is 0.0706. The van der Waals surface area contributed by atoms with Gasteiger partial charge in [-0.15, -0.1) is 0 Å². The van der Waals surface area contributed by atoms with E-state index in [1.807, 2.05) is 45.0 Å². The quantitative estimate of drug-likeness (QED) is 0.619. The smallest absolute Gasteiger partial charge is 0.240 e. The van der Waals surface area contributed by atoms with Crippen molar-refractivity contribution < 1.29 is 17.9 Å². The highest BCUT2D eigenvalue weighted by atomic mass is 32.2. The molecule has 6 nitrogen and oxygen atoms in total. The van der Waals surface area contributed by atoms with Gasteiger partial charge in [-0.3, -0.25) is 4.79 Å². The molecule has 0 unspecified atom stereocenters. The van der Waals surface area contributed by atoms with E-state index >= 15 is 0 Å². The van der Waals surface area contributed by atoms with Crippen molar-refractivity contribution in [1.82, 2.24) is 10.0 Å². The van der Waals surface area contributed by atoms with Gasteiger partial charge in [-0.05, 0) is 43.0 Å². The summed E-state index contributed by atoms with van der Waals surface area (Å²) in [5.74, 6) is 0.905. The molecule has 29 heavy (non-hydrogen) atoms. The number of carbonyl (C=O) groups excluding carboxylic acids is 1. The van der Waals surface area contributed by atoms with E-state index in [-0.39, 0.29) is 22.8 Å². The maximum Gasteiger partial charge on any atom is 0.240 e. The van der Waals surface area contributed by atoms with Gasteiger partial charge in [-0.1, -0.05) is 44.2 Å². The molecule has 2 N–H and O–H groups in total. The van der Waals surface area contributed by atoms with Crippen molar-refractivity contribution in [3.8, 4) is 5.75 Å². The monoisotopic (exact) mass is 418 g/mol. The fourth-order valence-electron chi connectivity index (χ4n) is 2.87. The zero-order chi connectivity index (χ0) is 21.4. The molecule has 0 heterocycles. The van der Waals surface area contributed by atoms with Gasteiger partial charge < -0.3 is 10.1 Å². The lowest BCUT2D eigenvalue weighted by atomic mass is 10.1. The van der Waals surface area contributed by atoms with Gasteiger partial charge >= 0.3 is 0 Å². The number of carbonyl (C=O) groups is 1. The first-order valence-electron chi connectivity index (χ1n) is 9.74. The molecule has 0 aliphatic carbocycles. The largest absolute Gasteiger partial charge is 0.496 e. The average Bonchev–Trinajstić information content (AvgIpc) is 2.71. The van der Waals surface area contributed by atoms with Crippen LogP contribution in [0.1, 0.15) is 44.4 Å². The molecule has 1 amide bonds. The summed E-state index contributed by atoms with van der Waals surface area (Å²) >= 11 is 0. The van der Waals surface area contributed by atoms with Gasteiger partial charge in [0.05, 0.1) is 18.0 Å². The van der Waals surface area contributed by atoms with Gasteiger partial charge in [0.1, 0.15) is 5.75 Å². The predicted octanol–water partition coefficient (Wildman–Crippen LogP) is 3.44. The van der Waals surface area contributed by atoms with Gasteiger partial charge in [0.15, 0.2) is 0 Å². The minimum Gasteiger partial charge on any atom is -0.496 e. The normalized spacial score (nSPS) is 12.6. The van der Waals surface area contributed by atoms with Crippen molar-refractivity contribution in [3.05, 3.63) is 59.7 Å². The van der Waals surface area contributed by atoms with Crippen molar-refractivity contribution in [3.63, 3.8) is 0 Å². The first kappa shape index (κ1) is 22.9. The van der Waals surface area contributed by atoms with Crippen molar-refractivity contribution >= 4 is 15.9 Å². The van der Waals surface area contributed by atoms with Gasteiger partial charge in [0.25, 0.3) is 0 Å². The molecule has 158 valence electrons. The van der Waals surface area contributed by atoms with Crippen LogP contribution in [0, 0.1) is 5.92 Å². The van der Waals surface area contributed by atoms with E-state index in [0.29, 0.717) is 19.4 Å². The topological polar surface area (TPSA) is 84.5 Å². The Hall–Kier alpha value is -2.38. The number of rotatable bonds is 10. The Morgan fingerprint density at radius 3 is 2.31 bits per heavy atom. The predicted molar refractivity (Wildman–Crippen MR) is 114 cm³/mol. The highest BCUT2D eigenvalue weighted by Crippen LogP contribution is 2.24. The molecule has 2 aromatic carbocycles. The number of sulfonamides is 1. The third-order valence-corrected chi connectivity index (χ3v) is 5.98. The number of benzene rings is 2. The molecule has 2 aromatic rings. The summed E-state index contributed by atoms with van der Waals surface area (Å²) in [4.78, 5) is 12.5. The van der Waals surface area contributed by atoms with E-state index in [2.05, 4.69) is 10.0 Å². The summed E-state index contributed by atoms with van der Waals surface area (Å²) in [6.45, 7) is 6.21. The molecule has 1 atom stereocenters. The Kier molecular flexibility index (Phi) is 8.22. The summed E-state index contributed by atoms with van der Waals surface area (Å²) in [6, 6.07) is 14.1. The van der Waals surface area contributed by atoms with Crippen LogP contribution in [0.4, 0.5) is 0 Å². The first-order chi connectivity index (χ1) is 13.7. The van der Waals surface area contributed by atoms with Crippen molar-refractivity contribution in [2.24, 2.45) is 5.92 Å². The molecule has 7 heteroatoms. The van der Waals surface area contributed by atoms with Crippen LogP contribution in [0.5, 0.6) is 5.75 Å². The van der Waals surface area contributed by atoms with Crippen LogP contribution >= 0.6 is 0 Å². The van der Waals surface area contributed by atoms with Crippen LogP contribution in [0.25, 0.3) is 0 Å². The van der Waals surface area contributed by atoms with Crippen molar-refractivity contribution in [2.45, 2.75) is 44.6 Å². The molecular weight excluding hydrogens is 388 g/mol. The molecule has 0 aromatic heterocycles. The zero-order valence-corrected chi connectivity index (χ0v) is 18.3. The second kappa shape index (κ2) is 10.4. The molecule has 0 bridgehead atoms. The molecule has 0 fully saturated rings. The summed E-state index contributed by atoms with van der Waals surface area (Å²) < 4.78 is 32.4. The molecule has 0 spiro atoms. The van der Waals surface area contributed by atoms with Crippen LogP contribution in [0.2, 0.25) is 0 Å². The van der Waals surface area contributed by atoms with E-state index in [9.17, 15) is 13.2 Å². The molecule has 0 aliphatic rings. The van der Waals surface area contributed by atoms with E-state index in [4.69, 9.17) is 4.74 Å². The number of hydrogen-bond acceptors (Lipinski definition) is 4. The lowest BCUT2D eigenvalue weighted by Crippen LogP contribution is -2.27. The summed E-state index contributed by atoms with van der Waals surface area (Å²) in [5.41, 5.74) is 1.83. The minimum atomic E-state index is -3.50. The summed E-state index contributed by atoms with van der Waals surface area (Å²) in [7, 11) is -1.89. The second-order valence-electron chi connectivity index (χ2n) is 7.42. The number of nitrogens with one attached hydrogen (secondary N) is 2. The van der Waals surface area contributed by atoms with Gasteiger partial charge in [-0.25, -0.2) is 13.1 Å². The van der Waals surface area contributed by atoms with Crippen LogP contribution in [0.15, 0.2) is 53.4 Å². The maximum absolute atomic E-state index is 12.3. The molecular formula is C22H30N2O4S. The Morgan fingerprint density at radius 1 is 1.03 bits per heavy atom. The van der Waals surface area contributed by atoms with Crippen molar-refractivity contribution in [2.75, 3.05) is 13.7 Å². The van der Waals surface area contributed by atoms with Gasteiger partial charge in [0, 0.05) is 18.5 Å². The van der Waals surface area contributed by atoms with Crippen LogP contribution in [-0.2, 0) is 21.2 Å². The van der Waals surface area contributed by atoms with E-state index in [1.165, 1.54) is 0 Å². The zero-order valence-electron chi connectivity index (χ0n) is 17.4. The van der Waals surface area contributed by atoms with E-state index < -0.39 is 10.0 Å². The van der Waals surface area contributed by atoms with E-state index in [0.717, 1.165) is 16.9 Å². The highest BCUT2D eigenvalue weighted by Gasteiger charge is 2.15. The number of methoxy groups -OCH3 is 1. The van der Waals surface area contributed by atoms with Crippen LogP contribution < -0.4 is 14.8 Å². The van der Waals surface area contributed by atoms with Crippen LogP contribution in [0.3, 0.4) is 0 Å². The number of ether oxygens (including phenoxy) is 1. The SMILES string of the molecule is COc1ccccc1[C@@H](C)NC(=O)CCc1ccc(S(=O)(=O)NCC(C)C)cc1. The average molecular weight is 419 g/mol. The number of para-hydroxylation sites is 1. The Bertz CT molecular complexity index is 909. The number of aryl methyl sites for hydroxylation is 1. The Labute approximate surface area is 173 Å². The molecule has 0 aliphatic heterocycles. The fraction of sp³-hybridized carbons (Fsp3) is 0.409. The summed E-state index contributed by atoms with van der Waals surface area (Å²) in [6.07, 6.45) is 0.849. The molecule has 2 rings (SSSR count). The maximum atomic E-state index is 12.3. The lowest BCUT2D eigenvalue weighted by Gasteiger charge is -2.17. The first-order valence-corrected chi connectivity index (χ1v) is 11.2. The highest BCUT2D eigenvalue weighted by molar-refractivity contribution is 7.89. The summed E-state index contributed by atoms with van der Waals surface area (Å²) in [5, 5.41) is 2.98. The third kappa shape index (κ3) is 6.87. The molecule has 0 saturated carbocycles. The lowest BCUT2D eigenvalue weighted by molar-refractivity contribution is -0.121. The molecule has 0 radical (unpaired) electrons. The standard InChI is InChI=1S/C22H30N2O4S/c1-16(2)15-23-29(26,27)19-12-9-18(10-13-19)11-14-22(25)24-17(3)20-7-5-6-8-21(20)28-4/h5-10,12-13,16-17,23H,11,14-15H2,1-4H3,(H,24,25)/t17-/m1/s1. The van der Waals surface area contributed by atoms with Crippen molar-refractivity contribution in [1.29, 1.82) is 0 Å². The third-order valence-electron chi connectivity index (χ3n) is 4.54. The van der Waals surface area contributed by atoms with E-state index in [1.54, 1.807) is 31.4 Å². The Morgan fingerprint density at radius 2 is 1.69 bits per heavy atom. The van der Waals surface area contributed by atoms with Gasteiger partial charge in [-0.2, -0.15) is 0 Å². The number of hydrogen-bond donors (Lipinski definition) is 2.